The number of aldehydes is 1. The fraction of sp³-hybridized carbons (Fsp3) is 0.667. The van der Waals surface area contributed by atoms with Gasteiger partial charge in [0.05, 0.1) is 0 Å². The third kappa shape index (κ3) is 2.81. The molecule has 58 valence electrons. The van der Waals surface area contributed by atoms with Crippen LogP contribution >= 0.6 is 0 Å². The van der Waals surface area contributed by atoms with Gasteiger partial charge in [-0.05, 0) is 19.3 Å². The second kappa shape index (κ2) is 5.21. The summed E-state index contributed by atoms with van der Waals surface area (Å²) < 4.78 is 0. The highest BCUT2D eigenvalue weighted by atomic mass is 16.1. The maximum absolute atomic E-state index is 10.4. The Labute approximate surface area is 63.1 Å². The van der Waals surface area contributed by atoms with Gasteiger partial charge in [-0.2, -0.15) is 0 Å². The first-order chi connectivity index (χ1) is 4.76. The largest absolute Gasteiger partial charge is 0.303 e. The van der Waals surface area contributed by atoms with E-state index in [1.165, 1.54) is 0 Å². The lowest BCUT2D eigenvalue weighted by Gasteiger charge is -2.11. The van der Waals surface area contributed by atoms with Crippen molar-refractivity contribution < 1.29 is 4.79 Å². The van der Waals surface area contributed by atoms with Crippen molar-refractivity contribution >= 4 is 6.29 Å². The average Bonchev–Trinajstić information content (AvgIpc) is 1.91. The molecule has 0 aromatic carbocycles. The minimum absolute atomic E-state index is 0.205. The molecule has 0 aliphatic rings. The molecule has 0 heterocycles. The van der Waals surface area contributed by atoms with Crippen molar-refractivity contribution in [1.29, 1.82) is 0 Å². The Bertz CT molecular complexity index is 116. The standard InChI is InChI=1S/C9H16O/c1-4-6-8(3)9(5-2)7-10/h4,6-9H,5H2,1-3H3/b6-4+. The Kier molecular flexibility index (Phi) is 4.91. The summed E-state index contributed by atoms with van der Waals surface area (Å²) in [7, 11) is 0. The molecule has 1 heteroatoms. The summed E-state index contributed by atoms with van der Waals surface area (Å²) in [6.45, 7) is 6.09. The Hall–Kier alpha value is -0.590. The lowest BCUT2D eigenvalue weighted by molar-refractivity contribution is -0.112. The molecule has 0 saturated carbocycles. The van der Waals surface area contributed by atoms with Gasteiger partial charge in [0, 0.05) is 5.92 Å². The van der Waals surface area contributed by atoms with Crippen molar-refractivity contribution in [2.45, 2.75) is 27.2 Å². The van der Waals surface area contributed by atoms with Crippen LogP contribution in [0.25, 0.3) is 0 Å². The minimum atomic E-state index is 0.205. The van der Waals surface area contributed by atoms with Crippen molar-refractivity contribution in [2.75, 3.05) is 0 Å². The van der Waals surface area contributed by atoms with Gasteiger partial charge < -0.3 is 4.79 Å². The molecule has 0 aliphatic heterocycles. The zero-order valence-electron chi connectivity index (χ0n) is 7.00. The summed E-state index contributed by atoms with van der Waals surface area (Å²) in [5.74, 6) is 0.601. The number of carbonyl (C=O) groups is 1. The number of rotatable bonds is 4. The maximum Gasteiger partial charge on any atom is 0.123 e. The van der Waals surface area contributed by atoms with Crippen molar-refractivity contribution in [3.63, 3.8) is 0 Å². The predicted octanol–water partition coefficient (Wildman–Crippen LogP) is 2.42. The molecular formula is C9H16O. The van der Waals surface area contributed by atoms with E-state index in [0.29, 0.717) is 5.92 Å². The fourth-order valence-corrected chi connectivity index (χ4v) is 1.04. The lowest BCUT2D eigenvalue weighted by Crippen LogP contribution is -2.09. The lowest BCUT2D eigenvalue weighted by atomic mass is 9.93. The summed E-state index contributed by atoms with van der Waals surface area (Å²) in [5.41, 5.74) is 0. The van der Waals surface area contributed by atoms with E-state index in [2.05, 4.69) is 13.0 Å². The van der Waals surface area contributed by atoms with Crippen LogP contribution in [0.2, 0.25) is 0 Å². The van der Waals surface area contributed by atoms with Gasteiger partial charge in [0.15, 0.2) is 0 Å². The zero-order valence-corrected chi connectivity index (χ0v) is 7.00. The van der Waals surface area contributed by atoms with Gasteiger partial charge >= 0.3 is 0 Å². The van der Waals surface area contributed by atoms with Crippen LogP contribution < -0.4 is 0 Å². The Balaban J connectivity index is 3.87. The van der Waals surface area contributed by atoms with Crippen LogP contribution in [-0.2, 0) is 4.79 Å². The first-order valence-electron chi connectivity index (χ1n) is 3.84. The van der Waals surface area contributed by atoms with Gasteiger partial charge in [0.2, 0.25) is 0 Å². The van der Waals surface area contributed by atoms with Crippen LogP contribution in [0.4, 0.5) is 0 Å². The van der Waals surface area contributed by atoms with Gasteiger partial charge in [0.25, 0.3) is 0 Å². The van der Waals surface area contributed by atoms with Crippen molar-refractivity contribution in [3.05, 3.63) is 12.2 Å². The fourth-order valence-electron chi connectivity index (χ4n) is 1.04. The van der Waals surface area contributed by atoms with Crippen LogP contribution in [0.3, 0.4) is 0 Å². The molecular weight excluding hydrogens is 124 g/mol. The minimum Gasteiger partial charge on any atom is -0.303 e. The first kappa shape index (κ1) is 9.41. The third-order valence-corrected chi connectivity index (χ3v) is 1.82. The highest BCUT2D eigenvalue weighted by molar-refractivity contribution is 5.54. The normalized spacial score (nSPS) is 17.1. The smallest absolute Gasteiger partial charge is 0.123 e. The molecule has 0 amide bonds. The molecule has 0 saturated heterocycles. The number of hydrogen-bond acceptors (Lipinski definition) is 1. The van der Waals surface area contributed by atoms with Crippen LogP contribution in [0, 0.1) is 11.8 Å². The van der Waals surface area contributed by atoms with E-state index in [1.807, 2.05) is 19.9 Å². The maximum atomic E-state index is 10.4. The van der Waals surface area contributed by atoms with Gasteiger partial charge in [-0.3, -0.25) is 0 Å². The molecule has 10 heavy (non-hydrogen) atoms. The number of allylic oxidation sites excluding steroid dienone is 2. The van der Waals surface area contributed by atoms with Gasteiger partial charge in [0.1, 0.15) is 6.29 Å². The molecule has 0 spiro atoms. The highest BCUT2D eigenvalue weighted by Crippen LogP contribution is 2.13. The van der Waals surface area contributed by atoms with Crippen LogP contribution in [0.5, 0.6) is 0 Å². The molecule has 2 unspecified atom stereocenters. The molecule has 0 fully saturated rings. The van der Waals surface area contributed by atoms with Crippen LogP contribution in [0.15, 0.2) is 12.2 Å². The summed E-state index contributed by atoms with van der Waals surface area (Å²) in [6.07, 6.45) is 6.05. The van der Waals surface area contributed by atoms with E-state index in [-0.39, 0.29) is 5.92 Å². The summed E-state index contributed by atoms with van der Waals surface area (Å²) in [4.78, 5) is 10.4. The van der Waals surface area contributed by atoms with E-state index < -0.39 is 0 Å². The molecule has 0 aromatic rings. The van der Waals surface area contributed by atoms with E-state index >= 15 is 0 Å². The third-order valence-electron chi connectivity index (χ3n) is 1.82. The zero-order chi connectivity index (χ0) is 7.98. The SMILES string of the molecule is C/C=C/C(C)C(C=O)CC. The summed E-state index contributed by atoms with van der Waals surface area (Å²) in [5, 5.41) is 0. The second-order valence-electron chi connectivity index (χ2n) is 2.59. The molecule has 0 aromatic heterocycles. The average molecular weight is 140 g/mol. The summed E-state index contributed by atoms with van der Waals surface area (Å²) in [6, 6.07) is 0. The van der Waals surface area contributed by atoms with Crippen molar-refractivity contribution in [3.8, 4) is 0 Å². The molecule has 1 nitrogen and oxygen atoms in total. The first-order valence-corrected chi connectivity index (χ1v) is 3.84. The number of carbonyl (C=O) groups excluding carboxylic acids is 1. The summed E-state index contributed by atoms with van der Waals surface area (Å²) >= 11 is 0. The molecule has 2 atom stereocenters. The number of hydrogen-bond donors (Lipinski definition) is 0. The molecule has 0 rings (SSSR count). The van der Waals surface area contributed by atoms with Crippen molar-refractivity contribution in [2.24, 2.45) is 11.8 Å². The van der Waals surface area contributed by atoms with Crippen molar-refractivity contribution in [1.82, 2.24) is 0 Å². The monoisotopic (exact) mass is 140 g/mol. The second-order valence-corrected chi connectivity index (χ2v) is 2.59. The molecule has 0 radical (unpaired) electrons. The van der Waals surface area contributed by atoms with E-state index in [1.54, 1.807) is 0 Å². The van der Waals surface area contributed by atoms with Crippen LogP contribution in [0.1, 0.15) is 27.2 Å². The van der Waals surface area contributed by atoms with Gasteiger partial charge in [-0.15, -0.1) is 0 Å². The predicted molar refractivity (Wildman–Crippen MR) is 43.8 cm³/mol. The van der Waals surface area contributed by atoms with E-state index in [9.17, 15) is 4.79 Å². The quantitative estimate of drug-likeness (QED) is 0.433. The van der Waals surface area contributed by atoms with Gasteiger partial charge in [-0.1, -0.05) is 26.0 Å². The van der Waals surface area contributed by atoms with E-state index in [4.69, 9.17) is 0 Å². The highest BCUT2D eigenvalue weighted by Gasteiger charge is 2.09. The topological polar surface area (TPSA) is 17.1 Å². The Morgan fingerprint density at radius 2 is 2.10 bits per heavy atom. The Morgan fingerprint density at radius 1 is 1.50 bits per heavy atom. The Morgan fingerprint density at radius 3 is 2.40 bits per heavy atom. The molecule has 0 N–H and O–H groups in total. The van der Waals surface area contributed by atoms with Crippen LogP contribution in [-0.4, -0.2) is 6.29 Å². The molecule has 0 aliphatic carbocycles. The van der Waals surface area contributed by atoms with E-state index in [0.717, 1.165) is 12.7 Å². The van der Waals surface area contributed by atoms with Gasteiger partial charge in [-0.25, -0.2) is 0 Å². The molecule has 0 bridgehead atoms.